The van der Waals surface area contributed by atoms with Crippen molar-refractivity contribution in [2.24, 2.45) is 0 Å². The molecular formula is C15H15ClO2S2. The molecule has 20 heavy (non-hydrogen) atoms. The summed E-state index contributed by atoms with van der Waals surface area (Å²) in [4.78, 5) is 21.2. The average molecular weight is 327 g/mol. The summed E-state index contributed by atoms with van der Waals surface area (Å²) in [5, 5.41) is -0.0382. The number of benzene rings is 2. The third-order valence-electron chi connectivity index (χ3n) is 2.13. The van der Waals surface area contributed by atoms with Crippen LogP contribution in [0, 0.1) is 0 Å². The molecule has 0 fully saturated rings. The summed E-state index contributed by atoms with van der Waals surface area (Å²) in [5.74, 6) is 0. The van der Waals surface area contributed by atoms with Gasteiger partial charge in [0.05, 0.1) is 5.02 Å². The highest BCUT2D eigenvalue weighted by Gasteiger charge is 2.02. The van der Waals surface area contributed by atoms with Crippen LogP contribution in [0.15, 0.2) is 54.6 Å². The molecule has 0 aliphatic heterocycles. The van der Waals surface area contributed by atoms with Gasteiger partial charge in [-0.25, -0.2) is 0 Å². The Balaban J connectivity index is 0.000000345. The van der Waals surface area contributed by atoms with Crippen molar-refractivity contribution in [2.75, 3.05) is 0 Å². The van der Waals surface area contributed by atoms with E-state index in [1.165, 1.54) is 0 Å². The van der Waals surface area contributed by atoms with Crippen molar-refractivity contribution in [1.29, 1.82) is 0 Å². The topological polar surface area (TPSA) is 34.1 Å². The smallest absolute Gasteiger partial charge is 0.217 e. The number of rotatable bonds is 2. The van der Waals surface area contributed by atoms with Gasteiger partial charge < -0.3 is 0 Å². The number of halogens is 1. The average Bonchev–Trinajstić information content (AvgIpc) is 2.40. The first-order valence-corrected chi connectivity index (χ1v) is 6.55. The van der Waals surface area contributed by atoms with Gasteiger partial charge in [-0.1, -0.05) is 61.5 Å². The third-order valence-corrected chi connectivity index (χ3v) is 2.95. The SMILES string of the molecule is C.O=C(S)c1ccccc1.O=C(S)c1ccccc1Cl. The fourth-order valence-corrected chi connectivity index (χ4v) is 1.85. The molecule has 0 N–H and O–H groups in total. The lowest BCUT2D eigenvalue weighted by Gasteiger charge is -1.94. The van der Waals surface area contributed by atoms with Crippen LogP contribution in [0.3, 0.4) is 0 Å². The van der Waals surface area contributed by atoms with Crippen molar-refractivity contribution >= 4 is 47.1 Å². The molecular weight excluding hydrogens is 312 g/mol. The van der Waals surface area contributed by atoms with Crippen LogP contribution in [0.5, 0.6) is 0 Å². The lowest BCUT2D eigenvalue weighted by molar-refractivity contribution is 0.108. The molecule has 0 atom stereocenters. The summed E-state index contributed by atoms with van der Waals surface area (Å²) in [6, 6.07) is 15.7. The van der Waals surface area contributed by atoms with E-state index in [1.807, 2.05) is 18.2 Å². The highest BCUT2D eigenvalue weighted by Crippen LogP contribution is 2.16. The molecule has 2 rings (SSSR count). The van der Waals surface area contributed by atoms with Crippen molar-refractivity contribution in [3.8, 4) is 0 Å². The second-order valence-corrected chi connectivity index (χ2v) is 4.68. The first kappa shape index (κ1) is 18.8. The Labute approximate surface area is 135 Å². The third kappa shape index (κ3) is 6.28. The maximum Gasteiger partial charge on any atom is 0.217 e. The molecule has 5 heteroatoms. The predicted octanol–water partition coefficient (Wildman–Crippen LogP) is 4.80. The molecule has 0 aromatic heterocycles. The van der Waals surface area contributed by atoms with Gasteiger partial charge in [-0.15, -0.1) is 25.3 Å². The zero-order valence-electron chi connectivity index (χ0n) is 9.79. The lowest BCUT2D eigenvalue weighted by atomic mass is 10.2. The highest BCUT2D eigenvalue weighted by atomic mass is 35.5. The van der Waals surface area contributed by atoms with Gasteiger partial charge in [0, 0.05) is 11.1 Å². The maximum atomic E-state index is 10.6. The first-order chi connectivity index (χ1) is 9.02. The van der Waals surface area contributed by atoms with E-state index in [1.54, 1.807) is 36.4 Å². The zero-order valence-corrected chi connectivity index (χ0v) is 12.3. The fourth-order valence-electron chi connectivity index (χ4n) is 1.22. The zero-order chi connectivity index (χ0) is 14.3. The van der Waals surface area contributed by atoms with Crippen LogP contribution >= 0.6 is 36.9 Å². The van der Waals surface area contributed by atoms with E-state index in [2.05, 4.69) is 25.3 Å². The molecule has 0 amide bonds. The lowest BCUT2D eigenvalue weighted by Crippen LogP contribution is -1.88. The van der Waals surface area contributed by atoms with Crippen LogP contribution in [-0.4, -0.2) is 10.2 Å². The molecule has 106 valence electrons. The fraction of sp³-hybridized carbons (Fsp3) is 0.0667. The molecule has 0 saturated carbocycles. The molecule has 0 spiro atoms. The van der Waals surface area contributed by atoms with E-state index in [9.17, 15) is 9.59 Å². The number of carbonyl (C=O) groups excluding carboxylic acids is 2. The van der Waals surface area contributed by atoms with Crippen LogP contribution in [0.1, 0.15) is 28.1 Å². The predicted molar refractivity (Wildman–Crippen MR) is 91.3 cm³/mol. The van der Waals surface area contributed by atoms with Crippen molar-refractivity contribution in [3.05, 3.63) is 70.7 Å². The molecule has 0 aliphatic rings. The standard InChI is InChI=1S/C7H5ClOS.C7H6OS.CH4/c8-6-4-2-1-3-5(6)7(9)10;8-7(9)6-4-2-1-3-5-6;/h1-4H,(H,9,10);1-5H,(H,8,9);1H4. The van der Waals surface area contributed by atoms with Gasteiger partial charge in [0.2, 0.25) is 10.2 Å². The number of carbonyl (C=O) groups is 2. The molecule has 2 nitrogen and oxygen atoms in total. The Hall–Kier alpha value is -1.23. The second-order valence-electron chi connectivity index (χ2n) is 3.46. The molecule has 2 aromatic carbocycles. The molecule has 0 heterocycles. The minimum Gasteiger partial charge on any atom is -0.282 e. The number of thiol groups is 2. The van der Waals surface area contributed by atoms with Crippen LogP contribution in [-0.2, 0) is 0 Å². The molecule has 0 aliphatic carbocycles. The Morgan fingerprint density at radius 3 is 1.65 bits per heavy atom. The minimum atomic E-state index is -0.300. The van der Waals surface area contributed by atoms with Crippen molar-refractivity contribution in [3.63, 3.8) is 0 Å². The second kappa shape index (κ2) is 9.64. The normalized spacial score (nSPS) is 8.75. The van der Waals surface area contributed by atoms with Gasteiger partial charge in [-0.2, -0.15) is 0 Å². The first-order valence-electron chi connectivity index (χ1n) is 5.28. The van der Waals surface area contributed by atoms with Gasteiger partial charge >= 0.3 is 0 Å². The number of hydrogen-bond acceptors (Lipinski definition) is 2. The molecule has 0 unspecified atom stereocenters. The van der Waals surface area contributed by atoms with Gasteiger partial charge in [-0.3, -0.25) is 9.59 Å². The summed E-state index contributed by atoms with van der Waals surface area (Å²) in [6.07, 6.45) is 0. The minimum absolute atomic E-state index is 0. The Morgan fingerprint density at radius 2 is 1.30 bits per heavy atom. The van der Waals surface area contributed by atoms with Crippen molar-refractivity contribution < 1.29 is 9.59 Å². The van der Waals surface area contributed by atoms with E-state index in [-0.39, 0.29) is 17.7 Å². The van der Waals surface area contributed by atoms with Crippen molar-refractivity contribution in [2.45, 2.75) is 7.43 Å². The molecule has 0 saturated heterocycles. The molecule has 0 radical (unpaired) electrons. The van der Waals surface area contributed by atoms with E-state index >= 15 is 0 Å². The van der Waals surface area contributed by atoms with Crippen LogP contribution in [0.4, 0.5) is 0 Å². The van der Waals surface area contributed by atoms with Gasteiger partial charge in [-0.05, 0) is 12.1 Å². The summed E-state index contributed by atoms with van der Waals surface area (Å²) < 4.78 is 0. The highest BCUT2D eigenvalue weighted by molar-refractivity contribution is 7.97. The molecule has 0 bridgehead atoms. The van der Waals surface area contributed by atoms with Crippen LogP contribution in [0.25, 0.3) is 0 Å². The summed E-state index contributed by atoms with van der Waals surface area (Å²) >= 11 is 12.9. The van der Waals surface area contributed by atoms with Gasteiger partial charge in [0.1, 0.15) is 0 Å². The van der Waals surface area contributed by atoms with Crippen LogP contribution in [0.2, 0.25) is 5.02 Å². The van der Waals surface area contributed by atoms with E-state index in [0.29, 0.717) is 16.1 Å². The van der Waals surface area contributed by atoms with Gasteiger partial charge in [0.15, 0.2) is 0 Å². The van der Waals surface area contributed by atoms with E-state index in [4.69, 9.17) is 11.6 Å². The Morgan fingerprint density at radius 1 is 0.800 bits per heavy atom. The summed E-state index contributed by atoms with van der Waals surface area (Å²) in [7, 11) is 0. The van der Waals surface area contributed by atoms with Crippen molar-refractivity contribution in [1.82, 2.24) is 0 Å². The Kier molecular flexibility index (Phi) is 9.05. The maximum absolute atomic E-state index is 10.6. The van der Waals surface area contributed by atoms with E-state index in [0.717, 1.165) is 0 Å². The monoisotopic (exact) mass is 326 g/mol. The summed E-state index contributed by atoms with van der Waals surface area (Å²) in [5.41, 5.74) is 1.09. The molecule has 2 aromatic rings. The number of hydrogen-bond donors (Lipinski definition) is 2. The quantitative estimate of drug-likeness (QED) is 0.777. The Bertz CT molecular complexity index is 571. The van der Waals surface area contributed by atoms with Crippen LogP contribution < -0.4 is 0 Å². The van der Waals surface area contributed by atoms with E-state index < -0.39 is 0 Å². The summed E-state index contributed by atoms with van der Waals surface area (Å²) in [6.45, 7) is 0. The van der Waals surface area contributed by atoms with Gasteiger partial charge in [0.25, 0.3) is 0 Å². The largest absolute Gasteiger partial charge is 0.282 e.